The summed E-state index contributed by atoms with van der Waals surface area (Å²) in [6.45, 7) is 1.87. The number of carboxylic acid groups (broad SMARTS) is 1. The number of aromatic carboxylic acids is 1. The monoisotopic (exact) mass is 574 g/mol. The molecule has 1 aliphatic rings. The van der Waals surface area contributed by atoms with Gasteiger partial charge in [-0.2, -0.15) is 5.26 Å². The number of aryl methyl sites for hydroxylation is 1. The van der Waals surface area contributed by atoms with E-state index in [1.807, 2.05) is 13.0 Å². The number of carbonyl (C=O) groups is 3. The highest BCUT2D eigenvalue weighted by Crippen LogP contribution is 2.43. The van der Waals surface area contributed by atoms with Gasteiger partial charge in [0.1, 0.15) is 11.5 Å². The van der Waals surface area contributed by atoms with Gasteiger partial charge in [-0.05, 0) is 42.8 Å². The van der Waals surface area contributed by atoms with E-state index in [1.54, 1.807) is 66.7 Å². The Morgan fingerprint density at radius 3 is 2.33 bits per heavy atom. The van der Waals surface area contributed by atoms with Crippen LogP contribution in [0, 0.1) is 18.3 Å². The van der Waals surface area contributed by atoms with Crippen LogP contribution in [0.5, 0.6) is 0 Å². The van der Waals surface area contributed by atoms with Gasteiger partial charge in [0, 0.05) is 16.6 Å². The summed E-state index contributed by atoms with van der Waals surface area (Å²) in [6, 6.07) is 24.3. The second-order valence-corrected chi connectivity index (χ2v) is 9.77. The van der Waals surface area contributed by atoms with Crippen LogP contribution >= 0.6 is 0 Å². The van der Waals surface area contributed by atoms with Crippen LogP contribution in [0.15, 0.2) is 102 Å². The number of hydrogen-bond donors (Lipinski definition) is 2. The molecule has 0 saturated carbocycles. The number of ether oxygens (including phenoxy) is 2. The Morgan fingerprint density at radius 2 is 1.67 bits per heavy atom. The third kappa shape index (κ3) is 5.04. The molecule has 1 unspecified atom stereocenters. The van der Waals surface area contributed by atoms with E-state index in [9.17, 15) is 24.8 Å². The van der Waals surface area contributed by atoms with Crippen molar-refractivity contribution in [3.05, 3.63) is 118 Å². The van der Waals surface area contributed by atoms with Crippen molar-refractivity contribution >= 4 is 34.5 Å². The molecule has 3 aromatic carbocycles. The van der Waals surface area contributed by atoms with Crippen LogP contribution in [0.1, 0.15) is 27.4 Å². The number of fused-ring (bicyclic) bond motifs is 1. The molecule has 0 aliphatic carbocycles. The highest BCUT2D eigenvalue weighted by Gasteiger charge is 2.43. The van der Waals surface area contributed by atoms with Gasteiger partial charge in [-0.15, -0.1) is 0 Å². The molecule has 10 heteroatoms. The highest BCUT2D eigenvalue weighted by atomic mass is 16.5. The van der Waals surface area contributed by atoms with E-state index >= 15 is 0 Å². The molecule has 43 heavy (non-hydrogen) atoms. The highest BCUT2D eigenvalue weighted by molar-refractivity contribution is 6.07. The van der Waals surface area contributed by atoms with Crippen LogP contribution in [0.25, 0.3) is 22.2 Å². The maximum absolute atomic E-state index is 13.4. The third-order valence-electron chi connectivity index (χ3n) is 7.21. The zero-order valence-electron chi connectivity index (χ0n) is 23.5. The second-order valence-electron chi connectivity index (χ2n) is 9.77. The number of benzene rings is 3. The minimum atomic E-state index is -1.11. The molecule has 0 saturated heterocycles. The maximum Gasteiger partial charge on any atom is 0.355 e. The number of nitriles is 1. The number of nitrogens with two attached hydrogens (primary N) is 1. The molecule has 214 valence electrons. The predicted molar refractivity (Wildman–Crippen MR) is 158 cm³/mol. The SMILES string of the molecule is COC(=O)C1=C(C(=O)OC)N(c2cccc(-c3cc(C(=O)O)c4cc(C)ccc4n3)c2)C(N)=C(C#N)C1c1ccccc1. The minimum absolute atomic E-state index is 0.0250. The summed E-state index contributed by atoms with van der Waals surface area (Å²) < 4.78 is 10.2. The average Bonchev–Trinajstić information content (AvgIpc) is 3.03. The van der Waals surface area contributed by atoms with Crippen LogP contribution in [0.4, 0.5) is 5.69 Å². The van der Waals surface area contributed by atoms with Crippen molar-refractivity contribution in [3.63, 3.8) is 0 Å². The number of rotatable bonds is 6. The molecule has 5 rings (SSSR count). The van der Waals surface area contributed by atoms with Crippen molar-refractivity contribution < 1.29 is 29.0 Å². The lowest BCUT2D eigenvalue weighted by molar-refractivity contribution is -0.139. The van der Waals surface area contributed by atoms with Crippen LogP contribution in [-0.4, -0.2) is 42.2 Å². The van der Waals surface area contributed by atoms with Crippen molar-refractivity contribution in [2.24, 2.45) is 5.73 Å². The fraction of sp³-hybridized carbons (Fsp3) is 0.121. The zero-order valence-corrected chi connectivity index (χ0v) is 23.5. The summed E-state index contributed by atoms with van der Waals surface area (Å²) in [5.41, 5.74) is 9.48. The molecule has 1 aromatic heterocycles. The van der Waals surface area contributed by atoms with Gasteiger partial charge in [-0.3, -0.25) is 4.90 Å². The number of hydrogen-bond acceptors (Lipinski definition) is 9. The smallest absolute Gasteiger partial charge is 0.355 e. The van der Waals surface area contributed by atoms with Gasteiger partial charge in [-0.1, -0.05) is 54.1 Å². The van der Waals surface area contributed by atoms with E-state index in [1.165, 1.54) is 25.2 Å². The molecule has 1 atom stereocenters. The molecule has 10 nitrogen and oxygen atoms in total. The number of aromatic nitrogens is 1. The van der Waals surface area contributed by atoms with Crippen molar-refractivity contribution in [2.75, 3.05) is 19.1 Å². The second kappa shape index (κ2) is 11.5. The summed E-state index contributed by atoms with van der Waals surface area (Å²) in [6.07, 6.45) is 0. The molecular formula is C33H26N4O6. The van der Waals surface area contributed by atoms with Gasteiger partial charge >= 0.3 is 17.9 Å². The number of carboxylic acids is 1. The number of carbonyl (C=O) groups excluding carboxylic acids is 2. The number of pyridine rings is 1. The largest absolute Gasteiger partial charge is 0.478 e. The topological polar surface area (TPSA) is 156 Å². The third-order valence-corrected chi connectivity index (χ3v) is 7.21. The molecule has 2 heterocycles. The van der Waals surface area contributed by atoms with Gasteiger partial charge in [0.15, 0.2) is 0 Å². The lowest BCUT2D eigenvalue weighted by atomic mass is 9.81. The molecule has 0 bridgehead atoms. The van der Waals surface area contributed by atoms with Crippen LogP contribution in [0.2, 0.25) is 0 Å². The molecule has 4 aromatic rings. The summed E-state index contributed by atoms with van der Waals surface area (Å²) in [5.74, 6) is -3.92. The summed E-state index contributed by atoms with van der Waals surface area (Å²) in [7, 11) is 2.35. The number of methoxy groups -OCH3 is 2. The standard InChI is InChI=1S/C33H26N4O6/c1-18-12-13-25-22(14-18)23(31(38)39)16-26(36-25)20-10-7-11-21(15-20)37-29(33(41)43-3)28(32(40)42-2)27(24(17-34)30(37)35)19-8-5-4-6-9-19/h4-16,27H,35H2,1-3H3,(H,38,39). The number of nitrogens with zero attached hydrogens (tertiary/aromatic N) is 3. The molecule has 0 spiro atoms. The van der Waals surface area contributed by atoms with Crippen LogP contribution in [0.3, 0.4) is 0 Å². The Bertz CT molecular complexity index is 1910. The van der Waals surface area contributed by atoms with Gasteiger partial charge in [0.2, 0.25) is 0 Å². The normalized spacial score (nSPS) is 14.8. The van der Waals surface area contributed by atoms with Gasteiger partial charge in [0.05, 0.1) is 54.1 Å². The van der Waals surface area contributed by atoms with Gasteiger partial charge in [0.25, 0.3) is 0 Å². The van der Waals surface area contributed by atoms with Crippen molar-refractivity contribution in [1.82, 2.24) is 4.98 Å². The van der Waals surface area contributed by atoms with E-state index in [2.05, 4.69) is 11.1 Å². The van der Waals surface area contributed by atoms with Crippen molar-refractivity contribution in [2.45, 2.75) is 12.8 Å². The number of allylic oxidation sites excluding steroid dienone is 1. The molecule has 0 radical (unpaired) electrons. The van der Waals surface area contributed by atoms with E-state index in [0.29, 0.717) is 33.4 Å². The fourth-order valence-electron chi connectivity index (χ4n) is 5.25. The Hall–Kier alpha value is -5.95. The summed E-state index contributed by atoms with van der Waals surface area (Å²) in [4.78, 5) is 44.8. The first kappa shape index (κ1) is 28.6. The molecular weight excluding hydrogens is 548 g/mol. The minimum Gasteiger partial charge on any atom is -0.478 e. The molecule has 1 aliphatic heterocycles. The lowest BCUT2D eigenvalue weighted by Crippen LogP contribution is -2.40. The first-order chi connectivity index (χ1) is 20.7. The van der Waals surface area contributed by atoms with E-state index < -0.39 is 23.8 Å². The first-order valence-corrected chi connectivity index (χ1v) is 13.1. The fourth-order valence-corrected chi connectivity index (χ4v) is 5.25. The van der Waals surface area contributed by atoms with Crippen molar-refractivity contribution in [1.29, 1.82) is 5.26 Å². The van der Waals surface area contributed by atoms with E-state index in [4.69, 9.17) is 15.2 Å². The lowest BCUT2D eigenvalue weighted by Gasteiger charge is -2.36. The first-order valence-electron chi connectivity index (χ1n) is 13.1. The zero-order chi connectivity index (χ0) is 30.8. The average molecular weight is 575 g/mol. The number of anilines is 1. The Kier molecular flexibility index (Phi) is 7.64. The summed E-state index contributed by atoms with van der Waals surface area (Å²) in [5, 5.41) is 20.7. The van der Waals surface area contributed by atoms with E-state index in [0.717, 1.165) is 5.56 Å². The Labute approximate surface area is 246 Å². The quantitative estimate of drug-likeness (QED) is 0.307. The van der Waals surface area contributed by atoms with Gasteiger partial charge < -0.3 is 20.3 Å². The van der Waals surface area contributed by atoms with Crippen LogP contribution in [-0.2, 0) is 19.1 Å². The molecule has 0 amide bonds. The number of esters is 2. The van der Waals surface area contributed by atoms with Crippen LogP contribution < -0.4 is 10.6 Å². The van der Waals surface area contributed by atoms with Crippen molar-refractivity contribution in [3.8, 4) is 17.3 Å². The van der Waals surface area contributed by atoms with Gasteiger partial charge in [-0.25, -0.2) is 19.4 Å². The molecule has 0 fully saturated rings. The maximum atomic E-state index is 13.4. The Balaban J connectivity index is 1.76. The summed E-state index contributed by atoms with van der Waals surface area (Å²) >= 11 is 0. The van der Waals surface area contributed by atoms with E-state index in [-0.39, 0.29) is 28.2 Å². The Morgan fingerprint density at radius 1 is 0.953 bits per heavy atom. The predicted octanol–water partition coefficient (Wildman–Crippen LogP) is 4.81. The molecule has 3 N–H and O–H groups in total.